The highest BCUT2D eigenvalue weighted by atomic mass is 32.1. The summed E-state index contributed by atoms with van der Waals surface area (Å²) < 4.78 is 4.76. The van der Waals surface area contributed by atoms with Crippen LogP contribution in [0, 0.1) is 0 Å². The standard InChI is InChI=1S/C7H4N2O2S/c10-7(11)5-1-6-4(2-8-5)3-9-12-6/h1-3H,(H,10,11). The number of carboxylic acids is 1. The molecule has 12 heavy (non-hydrogen) atoms. The van der Waals surface area contributed by atoms with Crippen molar-refractivity contribution < 1.29 is 9.90 Å². The maximum Gasteiger partial charge on any atom is 0.354 e. The lowest BCUT2D eigenvalue weighted by atomic mass is 10.3. The minimum absolute atomic E-state index is 0.0618. The van der Waals surface area contributed by atoms with Gasteiger partial charge in [-0.25, -0.2) is 9.78 Å². The van der Waals surface area contributed by atoms with Gasteiger partial charge in [-0.3, -0.25) is 0 Å². The monoisotopic (exact) mass is 180 g/mol. The molecule has 0 fully saturated rings. The van der Waals surface area contributed by atoms with E-state index in [2.05, 4.69) is 9.36 Å². The summed E-state index contributed by atoms with van der Waals surface area (Å²) >= 11 is 1.27. The Bertz CT molecular complexity index is 438. The molecule has 60 valence electrons. The van der Waals surface area contributed by atoms with E-state index in [1.165, 1.54) is 23.8 Å². The number of carboxylic acid groups (broad SMARTS) is 1. The minimum atomic E-state index is -1.01. The van der Waals surface area contributed by atoms with Crippen LogP contribution in [-0.2, 0) is 0 Å². The molecule has 5 heteroatoms. The Morgan fingerprint density at radius 3 is 3.08 bits per heavy atom. The van der Waals surface area contributed by atoms with Crippen molar-refractivity contribution in [2.24, 2.45) is 0 Å². The van der Waals surface area contributed by atoms with Crippen molar-refractivity contribution in [3.8, 4) is 0 Å². The van der Waals surface area contributed by atoms with Crippen molar-refractivity contribution in [3.05, 3.63) is 24.2 Å². The molecule has 2 aromatic heterocycles. The zero-order valence-corrected chi connectivity index (χ0v) is 6.71. The highest BCUT2D eigenvalue weighted by molar-refractivity contribution is 7.13. The Morgan fingerprint density at radius 2 is 2.33 bits per heavy atom. The summed E-state index contributed by atoms with van der Waals surface area (Å²) in [4.78, 5) is 14.2. The molecule has 0 aliphatic rings. The van der Waals surface area contributed by atoms with Crippen molar-refractivity contribution in [1.29, 1.82) is 0 Å². The zero-order chi connectivity index (χ0) is 8.55. The van der Waals surface area contributed by atoms with Crippen LogP contribution >= 0.6 is 11.5 Å². The molecule has 4 nitrogen and oxygen atoms in total. The van der Waals surface area contributed by atoms with Crippen LogP contribution in [0.25, 0.3) is 10.1 Å². The summed E-state index contributed by atoms with van der Waals surface area (Å²) in [6, 6.07) is 1.52. The van der Waals surface area contributed by atoms with Crippen LogP contribution in [0.3, 0.4) is 0 Å². The molecule has 0 aliphatic carbocycles. The van der Waals surface area contributed by atoms with Crippen molar-refractivity contribution in [2.75, 3.05) is 0 Å². The number of aromatic nitrogens is 2. The lowest BCUT2D eigenvalue weighted by Crippen LogP contribution is -1.98. The van der Waals surface area contributed by atoms with Gasteiger partial charge in [0.15, 0.2) is 0 Å². The summed E-state index contributed by atoms with van der Waals surface area (Å²) in [5.74, 6) is -1.01. The molecule has 0 aliphatic heterocycles. The van der Waals surface area contributed by atoms with Gasteiger partial charge in [0.25, 0.3) is 0 Å². The van der Waals surface area contributed by atoms with Crippen LogP contribution in [-0.4, -0.2) is 20.4 Å². The van der Waals surface area contributed by atoms with Gasteiger partial charge in [-0.1, -0.05) is 0 Å². The van der Waals surface area contributed by atoms with Crippen molar-refractivity contribution in [2.45, 2.75) is 0 Å². The van der Waals surface area contributed by atoms with Crippen LogP contribution in [0.1, 0.15) is 10.5 Å². The fourth-order valence-electron chi connectivity index (χ4n) is 0.880. The molecule has 0 bridgehead atoms. The molecular weight excluding hydrogens is 176 g/mol. The third-order valence-electron chi connectivity index (χ3n) is 1.46. The number of nitrogens with zero attached hydrogens (tertiary/aromatic N) is 2. The van der Waals surface area contributed by atoms with E-state index in [4.69, 9.17) is 5.11 Å². The summed E-state index contributed by atoms with van der Waals surface area (Å²) in [7, 11) is 0. The van der Waals surface area contributed by atoms with Crippen molar-refractivity contribution in [3.63, 3.8) is 0 Å². The molecule has 0 radical (unpaired) electrons. The maximum absolute atomic E-state index is 10.5. The molecule has 0 saturated heterocycles. The first-order valence-corrected chi connectivity index (χ1v) is 3.98. The smallest absolute Gasteiger partial charge is 0.354 e. The molecule has 2 aromatic rings. The van der Waals surface area contributed by atoms with Gasteiger partial charge in [0, 0.05) is 11.6 Å². The van der Waals surface area contributed by atoms with E-state index in [1.807, 2.05) is 0 Å². The van der Waals surface area contributed by atoms with Gasteiger partial charge >= 0.3 is 5.97 Å². The predicted octanol–water partition coefficient (Wildman–Crippen LogP) is 1.39. The number of fused-ring (bicyclic) bond motifs is 1. The van der Waals surface area contributed by atoms with Crippen molar-refractivity contribution >= 4 is 27.6 Å². The number of aromatic carboxylic acids is 1. The van der Waals surface area contributed by atoms with E-state index >= 15 is 0 Å². The predicted molar refractivity (Wildman–Crippen MR) is 44.4 cm³/mol. The van der Waals surface area contributed by atoms with Gasteiger partial charge in [-0.05, 0) is 17.6 Å². The second-order valence-corrected chi connectivity index (χ2v) is 3.07. The van der Waals surface area contributed by atoms with Crippen molar-refractivity contribution in [1.82, 2.24) is 9.36 Å². The van der Waals surface area contributed by atoms with Crippen LogP contribution in [0.15, 0.2) is 18.5 Å². The first-order chi connectivity index (χ1) is 5.77. The van der Waals surface area contributed by atoms with E-state index in [9.17, 15) is 4.79 Å². The van der Waals surface area contributed by atoms with Gasteiger partial charge in [0.1, 0.15) is 5.69 Å². The fraction of sp³-hybridized carbons (Fsp3) is 0. The first kappa shape index (κ1) is 7.17. The third-order valence-corrected chi connectivity index (χ3v) is 2.22. The zero-order valence-electron chi connectivity index (χ0n) is 5.89. The highest BCUT2D eigenvalue weighted by Crippen LogP contribution is 2.17. The average molecular weight is 180 g/mol. The van der Waals surface area contributed by atoms with Crippen LogP contribution < -0.4 is 0 Å². The Hall–Kier alpha value is -1.49. The highest BCUT2D eigenvalue weighted by Gasteiger charge is 2.05. The van der Waals surface area contributed by atoms with E-state index in [0.717, 1.165) is 10.1 Å². The Balaban J connectivity index is 2.68. The second-order valence-electron chi connectivity index (χ2n) is 2.24. The van der Waals surface area contributed by atoms with E-state index in [0.29, 0.717) is 0 Å². The van der Waals surface area contributed by atoms with E-state index in [-0.39, 0.29) is 5.69 Å². The quantitative estimate of drug-likeness (QED) is 0.720. The first-order valence-electron chi connectivity index (χ1n) is 3.21. The largest absolute Gasteiger partial charge is 0.477 e. The van der Waals surface area contributed by atoms with Gasteiger partial charge < -0.3 is 5.11 Å². The summed E-state index contributed by atoms with van der Waals surface area (Å²) in [5.41, 5.74) is 0.0618. The SMILES string of the molecule is O=C(O)c1cc2sncc2cn1. The topological polar surface area (TPSA) is 63.1 Å². The number of rotatable bonds is 1. The number of hydrogen-bond acceptors (Lipinski definition) is 4. The molecular formula is C7H4N2O2S. The molecule has 2 heterocycles. The van der Waals surface area contributed by atoms with Gasteiger partial charge in [0.05, 0.1) is 10.9 Å². The lowest BCUT2D eigenvalue weighted by molar-refractivity contribution is 0.0691. The van der Waals surface area contributed by atoms with Gasteiger partial charge in [0.2, 0.25) is 0 Å². The molecule has 0 amide bonds. The van der Waals surface area contributed by atoms with Crippen LogP contribution in [0.5, 0.6) is 0 Å². The van der Waals surface area contributed by atoms with E-state index in [1.54, 1.807) is 6.20 Å². The molecule has 1 N–H and O–H groups in total. The molecule has 0 saturated carbocycles. The van der Waals surface area contributed by atoms with E-state index < -0.39 is 5.97 Å². The number of carbonyl (C=O) groups is 1. The summed E-state index contributed by atoms with van der Waals surface area (Å²) in [5, 5.41) is 9.48. The fourth-order valence-corrected chi connectivity index (χ4v) is 1.54. The molecule has 0 unspecified atom stereocenters. The van der Waals surface area contributed by atoms with Gasteiger partial charge in [-0.15, -0.1) is 0 Å². The summed E-state index contributed by atoms with van der Waals surface area (Å²) in [6.07, 6.45) is 3.18. The molecule has 0 spiro atoms. The minimum Gasteiger partial charge on any atom is -0.477 e. The Labute approximate surface area is 71.7 Å². The lowest BCUT2D eigenvalue weighted by Gasteiger charge is -1.91. The van der Waals surface area contributed by atoms with Crippen LogP contribution in [0.4, 0.5) is 0 Å². The molecule has 0 atom stereocenters. The van der Waals surface area contributed by atoms with Crippen LogP contribution in [0.2, 0.25) is 0 Å². The molecule has 0 aromatic carbocycles. The average Bonchev–Trinajstić information content (AvgIpc) is 2.49. The normalized spacial score (nSPS) is 10.3. The second kappa shape index (κ2) is 2.53. The summed E-state index contributed by atoms with van der Waals surface area (Å²) in [6.45, 7) is 0. The number of hydrogen-bond donors (Lipinski definition) is 1. The molecule has 2 rings (SSSR count). The maximum atomic E-state index is 10.5. The Morgan fingerprint density at radius 1 is 1.50 bits per heavy atom. The Kier molecular flexibility index (Phi) is 1.51. The van der Waals surface area contributed by atoms with Gasteiger partial charge in [-0.2, -0.15) is 4.37 Å². The third kappa shape index (κ3) is 1.04. The number of pyridine rings is 1.